The summed E-state index contributed by atoms with van der Waals surface area (Å²) in [6.45, 7) is 2.76. The molecule has 1 rings (SSSR count). The number of ether oxygens (including phenoxy) is 1. The van der Waals surface area contributed by atoms with E-state index < -0.39 is 0 Å². The molecule has 0 aliphatic rings. The Balaban J connectivity index is 2.11. The lowest BCUT2D eigenvalue weighted by molar-refractivity contribution is -0.143. The fraction of sp³-hybridized carbons (Fsp3) is 0.412. The largest absolute Gasteiger partial charge is 0.466 e. The van der Waals surface area contributed by atoms with Gasteiger partial charge in [-0.05, 0) is 43.5 Å². The molecule has 5 heteroatoms. The second-order valence-electron chi connectivity index (χ2n) is 4.79. The van der Waals surface area contributed by atoms with E-state index in [1.165, 1.54) is 18.2 Å². The minimum atomic E-state index is -0.301. The zero-order chi connectivity index (χ0) is 16.2. The molecule has 1 N–H and O–H groups in total. The van der Waals surface area contributed by atoms with Crippen LogP contribution < -0.4 is 5.32 Å². The van der Waals surface area contributed by atoms with Crippen LogP contribution in [0.25, 0.3) is 6.08 Å². The average Bonchev–Trinajstić information content (AvgIpc) is 2.50. The van der Waals surface area contributed by atoms with Crippen molar-refractivity contribution < 1.29 is 18.7 Å². The number of esters is 1. The third-order valence-electron chi connectivity index (χ3n) is 2.96. The predicted molar refractivity (Wildman–Crippen MR) is 83.5 cm³/mol. The molecule has 0 saturated heterocycles. The Morgan fingerprint density at radius 3 is 2.59 bits per heavy atom. The number of carbonyl (C=O) groups is 2. The molecule has 0 spiro atoms. The number of unbranched alkanes of at least 4 members (excludes halogenated alkanes) is 2. The van der Waals surface area contributed by atoms with Gasteiger partial charge in [0, 0.05) is 19.0 Å². The van der Waals surface area contributed by atoms with Crippen LogP contribution in [0.4, 0.5) is 4.39 Å². The van der Waals surface area contributed by atoms with E-state index in [0.29, 0.717) is 19.6 Å². The fourth-order valence-corrected chi connectivity index (χ4v) is 1.82. The van der Waals surface area contributed by atoms with Gasteiger partial charge in [0.15, 0.2) is 0 Å². The van der Waals surface area contributed by atoms with Crippen molar-refractivity contribution in [1.82, 2.24) is 5.32 Å². The van der Waals surface area contributed by atoms with Crippen LogP contribution in [0.3, 0.4) is 0 Å². The number of hydrogen-bond donors (Lipinski definition) is 1. The quantitative estimate of drug-likeness (QED) is 0.433. The molecule has 0 aliphatic carbocycles. The highest BCUT2D eigenvalue weighted by molar-refractivity contribution is 5.91. The summed E-state index contributed by atoms with van der Waals surface area (Å²) in [4.78, 5) is 22.7. The van der Waals surface area contributed by atoms with E-state index in [0.717, 1.165) is 24.8 Å². The Bertz CT molecular complexity index is 497. The molecule has 1 aromatic carbocycles. The molecule has 0 fully saturated rings. The maximum Gasteiger partial charge on any atom is 0.305 e. The highest BCUT2D eigenvalue weighted by atomic mass is 19.1. The zero-order valence-corrected chi connectivity index (χ0v) is 12.8. The van der Waals surface area contributed by atoms with Crippen molar-refractivity contribution in [3.05, 3.63) is 41.7 Å². The summed E-state index contributed by atoms with van der Waals surface area (Å²) in [6.07, 6.45) is 5.92. The molecule has 1 aromatic rings. The van der Waals surface area contributed by atoms with Crippen LogP contribution in [0.15, 0.2) is 30.3 Å². The van der Waals surface area contributed by atoms with E-state index in [2.05, 4.69) is 5.32 Å². The standard InChI is InChI=1S/C17H22FNO3/c1-2-22-17(21)6-4-3-5-13-19-16(20)12-9-14-7-10-15(18)11-8-14/h7-12H,2-6,13H2,1H3,(H,19,20)/b12-9+. The van der Waals surface area contributed by atoms with Crippen molar-refractivity contribution in [2.45, 2.75) is 32.6 Å². The second kappa shape index (κ2) is 10.5. The Labute approximate surface area is 130 Å². The van der Waals surface area contributed by atoms with Gasteiger partial charge in [0.05, 0.1) is 6.61 Å². The van der Waals surface area contributed by atoms with E-state index in [4.69, 9.17) is 4.74 Å². The number of benzene rings is 1. The summed E-state index contributed by atoms with van der Waals surface area (Å²) in [5, 5.41) is 2.76. The lowest BCUT2D eigenvalue weighted by atomic mass is 10.2. The van der Waals surface area contributed by atoms with Gasteiger partial charge in [-0.25, -0.2) is 4.39 Å². The topological polar surface area (TPSA) is 55.4 Å². The van der Waals surface area contributed by atoms with Crippen LogP contribution in [0.2, 0.25) is 0 Å². The first-order valence-electron chi connectivity index (χ1n) is 7.49. The molecule has 0 aliphatic heterocycles. The van der Waals surface area contributed by atoms with Gasteiger partial charge in [-0.1, -0.05) is 18.6 Å². The van der Waals surface area contributed by atoms with Gasteiger partial charge >= 0.3 is 5.97 Å². The van der Waals surface area contributed by atoms with Crippen molar-refractivity contribution in [1.29, 1.82) is 0 Å². The fourth-order valence-electron chi connectivity index (χ4n) is 1.82. The molecule has 0 bridgehead atoms. The molecule has 0 radical (unpaired) electrons. The van der Waals surface area contributed by atoms with Crippen molar-refractivity contribution >= 4 is 18.0 Å². The van der Waals surface area contributed by atoms with E-state index >= 15 is 0 Å². The summed E-state index contributed by atoms with van der Waals surface area (Å²) < 4.78 is 17.5. The minimum absolute atomic E-state index is 0.172. The Morgan fingerprint density at radius 1 is 1.18 bits per heavy atom. The molecule has 0 atom stereocenters. The number of rotatable bonds is 9. The minimum Gasteiger partial charge on any atom is -0.466 e. The van der Waals surface area contributed by atoms with E-state index in [9.17, 15) is 14.0 Å². The van der Waals surface area contributed by atoms with E-state index in [1.54, 1.807) is 25.1 Å². The van der Waals surface area contributed by atoms with Crippen LogP contribution in [-0.2, 0) is 14.3 Å². The Morgan fingerprint density at radius 2 is 1.91 bits per heavy atom. The molecule has 22 heavy (non-hydrogen) atoms. The number of hydrogen-bond acceptors (Lipinski definition) is 3. The van der Waals surface area contributed by atoms with Gasteiger partial charge < -0.3 is 10.1 Å². The van der Waals surface area contributed by atoms with Crippen LogP contribution in [0.5, 0.6) is 0 Å². The van der Waals surface area contributed by atoms with Gasteiger partial charge in [-0.3, -0.25) is 9.59 Å². The summed E-state index contributed by atoms with van der Waals surface area (Å²) >= 11 is 0. The molecule has 0 aromatic heterocycles. The number of nitrogens with one attached hydrogen (secondary N) is 1. The van der Waals surface area contributed by atoms with Crippen molar-refractivity contribution in [2.75, 3.05) is 13.2 Å². The lowest BCUT2D eigenvalue weighted by Gasteiger charge is -2.03. The van der Waals surface area contributed by atoms with Gasteiger partial charge in [-0.15, -0.1) is 0 Å². The molecule has 120 valence electrons. The summed E-state index contributed by atoms with van der Waals surface area (Å²) in [5.74, 6) is -0.659. The highest BCUT2D eigenvalue weighted by Gasteiger charge is 2.01. The smallest absolute Gasteiger partial charge is 0.305 e. The monoisotopic (exact) mass is 307 g/mol. The van der Waals surface area contributed by atoms with Crippen LogP contribution >= 0.6 is 0 Å². The number of carbonyl (C=O) groups excluding carboxylic acids is 2. The van der Waals surface area contributed by atoms with Gasteiger partial charge in [0.25, 0.3) is 0 Å². The number of amides is 1. The second-order valence-corrected chi connectivity index (χ2v) is 4.79. The van der Waals surface area contributed by atoms with Crippen LogP contribution in [0, 0.1) is 5.82 Å². The molecular formula is C17H22FNO3. The zero-order valence-electron chi connectivity index (χ0n) is 12.8. The van der Waals surface area contributed by atoms with Crippen molar-refractivity contribution in [3.63, 3.8) is 0 Å². The SMILES string of the molecule is CCOC(=O)CCCCCNC(=O)/C=C/c1ccc(F)cc1. The summed E-state index contributed by atoms with van der Waals surface area (Å²) in [5.41, 5.74) is 0.769. The van der Waals surface area contributed by atoms with Gasteiger partial charge in [-0.2, -0.15) is 0 Å². The molecule has 1 amide bonds. The molecule has 0 saturated carbocycles. The van der Waals surface area contributed by atoms with E-state index in [1.807, 2.05) is 0 Å². The summed E-state index contributed by atoms with van der Waals surface area (Å²) in [6, 6.07) is 5.91. The molecule has 0 unspecified atom stereocenters. The molecular weight excluding hydrogens is 285 g/mol. The first kappa shape index (κ1) is 17.9. The Hall–Kier alpha value is -2.17. The van der Waals surface area contributed by atoms with Crippen LogP contribution in [0.1, 0.15) is 38.2 Å². The maximum atomic E-state index is 12.7. The average molecular weight is 307 g/mol. The first-order chi connectivity index (χ1) is 10.6. The highest BCUT2D eigenvalue weighted by Crippen LogP contribution is 2.04. The number of halogens is 1. The molecule has 4 nitrogen and oxygen atoms in total. The lowest BCUT2D eigenvalue weighted by Crippen LogP contribution is -2.22. The van der Waals surface area contributed by atoms with Gasteiger partial charge in [0.1, 0.15) is 5.82 Å². The third kappa shape index (κ3) is 8.19. The normalized spacial score (nSPS) is 10.6. The van der Waals surface area contributed by atoms with E-state index in [-0.39, 0.29) is 17.7 Å². The van der Waals surface area contributed by atoms with Crippen LogP contribution in [-0.4, -0.2) is 25.0 Å². The van der Waals surface area contributed by atoms with Gasteiger partial charge in [0.2, 0.25) is 5.91 Å². The summed E-state index contributed by atoms with van der Waals surface area (Å²) in [7, 11) is 0. The third-order valence-corrected chi connectivity index (χ3v) is 2.96. The maximum absolute atomic E-state index is 12.7. The van der Waals surface area contributed by atoms with Crippen molar-refractivity contribution in [3.8, 4) is 0 Å². The van der Waals surface area contributed by atoms with Crippen molar-refractivity contribution in [2.24, 2.45) is 0 Å². The predicted octanol–water partition coefficient (Wildman–Crippen LogP) is 3.08. The molecule has 0 heterocycles. The first-order valence-corrected chi connectivity index (χ1v) is 7.49. The Kier molecular flexibility index (Phi) is 8.57.